The summed E-state index contributed by atoms with van der Waals surface area (Å²) in [6.45, 7) is 0.854. The summed E-state index contributed by atoms with van der Waals surface area (Å²) in [4.78, 5) is 23.2. The Kier molecular flexibility index (Phi) is 3.86. The van der Waals surface area contributed by atoms with Crippen LogP contribution in [-0.2, 0) is 4.79 Å². The van der Waals surface area contributed by atoms with Crippen molar-refractivity contribution in [2.24, 2.45) is 5.92 Å². The van der Waals surface area contributed by atoms with Crippen LogP contribution in [0.3, 0.4) is 0 Å². The van der Waals surface area contributed by atoms with E-state index >= 15 is 0 Å². The lowest BCUT2D eigenvalue weighted by Gasteiger charge is -2.44. The van der Waals surface area contributed by atoms with E-state index in [0.717, 1.165) is 19.1 Å². The van der Waals surface area contributed by atoms with E-state index in [1.807, 2.05) is 0 Å². The first-order valence-corrected chi connectivity index (χ1v) is 6.20. The molecule has 2 rings (SSSR count). The van der Waals surface area contributed by atoms with Crippen molar-refractivity contribution in [1.29, 1.82) is 0 Å². The highest BCUT2D eigenvalue weighted by atomic mass is 19.4. The Bertz CT molecular complexity index is 620. The molecule has 0 unspecified atom stereocenters. The molecule has 1 fully saturated rings. The summed E-state index contributed by atoms with van der Waals surface area (Å²) >= 11 is 0. The van der Waals surface area contributed by atoms with Gasteiger partial charge in [-0.3, -0.25) is 4.79 Å². The number of hydrogen-bond donors (Lipinski definition) is 3. The van der Waals surface area contributed by atoms with Crippen molar-refractivity contribution in [2.75, 3.05) is 0 Å². The molecule has 1 aliphatic rings. The van der Waals surface area contributed by atoms with Gasteiger partial charge in [0.2, 0.25) is 5.72 Å². The molecule has 3 N–H and O–H groups in total. The molecule has 0 spiro atoms. The van der Waals surface area contributed by atoms with Gasteiger partial charge in [-0.2, -0.15) is 13.2 Å². The highest BCUT2D eigenvalue weighted by molar-refractivity contribution is 5.86. The highest BCUT2D eigenvalue weighted by Gasteiger charge is 2.65. The van der Waals surface area contributed by atoms with Gasteiger partial charge in [0.1, 0.15) is 11.6 Å². The first-order valence-electron chi connectivity index (χ1n) is 6.20. The van der Waals surface area contributed by atoms with E-state index < -0.39 is 41.5 Å². The quantitative estimate of drug-likeness (QED) is 0.725. The number of nitrogens with one attached hydrogen (secondary N) is 2. The zero-order valence-corrected chi connectivity index (χ0v) is 11.2. The molecule has 0 aliphatic carbocycles. The fourth-order valence-corrected chi connectivity index (χ4v) is 2.50. The number of aliphatic hydroxyl groups is 1. The van der Waals surface area contributed by atoms with Gasteiger partial charge in [-0.1, -0.05) is 12.1 Å². The molecule has 0 saturated carbocycles. The second-order valence-corrected chi connectivity index (χ2v) is 4.98. The third-order valence-corrected chi connectivity index (χ3v) is 3.45. The van der Waals surface area contributed by atoms with Crippen LogP contribution in [0.4, 0.5) is 22.4 Å². The first-order chi connectivity index (χ1) is 10.1. The Morgan fingerprint density at radius 2 is 2.00 bits per heavy atom. The van der Waals surface area contributed by atoms with Crippen LogP contribution in [0, 0.1) is 11.7 Å². The Labute approximate surface area is 122 Å². The number of benzene rings is 1. The standard InChI is InChI=1S/C13H12F4N2O3/c1-6(20)9-10(7-3-2-4-8(14)5-7)18-11(21)19-12(9,22)13(15,16)17/h2-5,9-10,22H,1H3,(H2,18,19,21)/t9-,10-,12-/m1/s1. The number of urea groups is 1. The summed E-state index contributed by atoms with van der Waals surface area (Å²) in [5.41, 5.74) is -3.80. The summed E-state index contributed by atoms with van der Waals surface area (Å²) in [5, 5.41) is 13.4. The molecule has 3 atom stereocenters. The van der Waals surface area contributed by atoms with Crippen LogP contribution in [0.25, 0.3) is 0 Å². The van der Waals surface area contributed by atoms with Gasteiger partial charge in [0.25, 0.3) is 0 Å². The molecule has 1 saturated heterocycles. The predicted molar refractivity (Wildman–Crippen MR) is 66.0 cm³/mol. The lowest BCUT2D eigenvalue weighted by Crippen LogP contribution is -2.72. The van der Waals surface area contributed by atoms with Gasteiger partial charge in [-0.15, -0.1) is 0 Å². The number of rotatable bonds is 2. The summed E-state index contributed by atoms with van der Waals surface area (Å²) in [6, 6.07) is 1.60. The summed E-state index contributed by atoms with van der Waals surface area (Å²) in [5.74, 6) is -3.82. The van der Waals surface area contributed by atoms with Crippen molar-refractivity contribution in [3.05, 3.63) is 35.6 Å². The van der Waals surface area contributed by atoms with Crippen LogP contribution in [0.5, 0.6) is 0 Å². The predicted octanol–water partition coefficient (Wildman–Crippen LogP) is 1.64. The Hall–Kier alpha value is -2.16. The molecule has 0 bridgehead atoms. The van der Waals surface area contributed by atoms with E-state index in [4.69, 9.17) is 0 Å². The number of ketones is 1. The van der Waals surface area contributed by atoms with Crippen LogP contribution in [0.2, 0.25) is 0 Å². The maximum absolute atomic E-state index is 13.3. The van der Waals surface area contributed by atoms with Crippen molar-refractivity contribution in [1.82, 2.24) is 10.6 Å². The van der Waals surface area contributed by atoms with Crippen molar-refractivity contribution in [2.45, 2.75) is 24.9 Å². The third kappa shape index (κ3) is 2.63. The fraction of sp³-hybridized carbons (Fsp3) is 0.385. The van der Waals surface area contributed by atoms with Crippen molar-refractivity contribution in [3.63, 3.8) is 0 Å². The number of Topliss-reactive ketones (excluding diaryl/α,β-unsaturated/α-hetero) is 1. The topological polar surface area (TPSA) is 78.4 Å². The molecule has 1 aromatic rings. The molecule has 9 heteroatoms. The van der Waals surface area contributed by atoms with Crippen molar-refractivity contribution >= 4 is 11.8 Å². The van der Waals surface area contributed by atoms with E-state index in [2.05, 4.69) is 5.32 Å². The van der Waals surface area contributed by atoms with Crippen LogP contribution in [-0.4, -0.2) is 28.8 Å². The van der Waals surface area contributed by atoms with Crippen LogP contribution >= 0.6 is 0 Å². The third-order valence-electron chi connectivity index (χ3n) is 3.45. The van der Waals surface area contributed by atoms with E-state index in [-0.39, 0.29) is 5.56 Å². The van der Waals surface area contributed by atoms with E-state index in [1.165, 1.54) is 17.4 Å². The van der Waals surface area contributed by atoms with Gasteiger partial charge in [0.05, 0.1) is 12.0 Å². The largest absolute Gasteiger partial charge is 0.437 e. The number of amides is 2. The van der Waals surface area contributed by atoms with Gasteiger partial charge >= 0.3 is 12.2 Å². The molecule has 22 heavy (non-hydrogen) atoms. The normalized spacial score (nSPS) is 28.7. The molecule has 0 aromatic heterocycles. The Morgan fingerprint density at radius 3 is 2.50 bits per heavy atom. The maximum atomic E-state index is 13.3. The van der Waals surface area contributed by atoms with Crippen LogP contribution < -0.4 is 10.6 Å². The van der Waals surface area contributed by atoms with Crippen molar-refractivity contribution < 1.29 is 32.3 Å². The zero-order chi connectivity index (χ0) is 16.7. The Balaban J connectivity index is 2.57. The highest BCUT2D eigenvalue weighted by Crippen LogP contribution is 2.42. The second-order valence-electron chi connectivity index (χ2n) is 4.98. The minimum absolute atomic E-state index is 0.0577. The van der Waals surface area contributed by atoms with Crippen LogP contribution in [0.15, 0.2) is 24.3 Å². The number of carbonyl (C=O) groups excluding carboxylic acids is 2. The maximum Gasteiger partial charge on any atom is 0.437 e. The van der Waals surface area contributed by atoms with Gasteiger partial charge in [0.15, 0.2) is 0 Å². The van der Waals surface area contributed by atoms with E-state index in [1.54, 1.807) is 0 Å². The first kappa shape index (κ1) is 16.2. The van der Waals surface area contributed by atoms with Gasteiger partial charge < -0.3 is 15.7 Å². The summed E-state index contributed by atoms with van der Waals surface area (Å²) in [6.07, 6.45) is -5.29. The molecular weight excluding hydrogens is 308 g/mol. The zero-order valence-electron chi connectivity index (χ0n) is 11.2. The molecule has 120 valence electrons. The summed E-state index contributed by atoms with van der Waals surface area (Å²) < 4.78 is 52.8. The molecule has 2 amide bonds. The van der Waals surface area contributed by atoms with Crippen molar-refractivity contribution in [3.8, 4) is 0 Å². The molecule has 1 aromatic carbocycles. The molecule has 5 nitrogen and oxygen atoms in total. The lowest BCUT2D eigenvalue weighted by atomic mass is 9.79. The van der Waals surface area contributed by atoms with Gasteiger partial charge in [0, 0.05) is 0 Å². The second kappa shape index (κ2) is 5.24. The Morgan fingerprint density at radius 1 is 1.36 bits per heavy atom. The number of carbonyl (C=O) groups is 2. The smallest absolute Gasteiger partial charge is 0.363 e. The minimum atomic E-state index is -5.29. The average molecular weight is 320 g/mol. The monoisotopic (exact) mass is 320 g/mol. The molecule has 0 radical (unpaired) electrons. The summed E-state index contributed by atoms with van der Waals surface area (Å²) in [7, 11) is 0. The molecular formula is C13H12F4N2O3. The average Bonchev–Trinajstić information content (AvgIpc) is 2.35. The van der Waals surface area contributed by atoms with E-state index in [9.17, 15) is 32.3 Å². The van der Waals surface area contributed by atoms with Gasteiger partial charge in [-0.25, -0.2) is 9.18 Å². The van der Waals surface area contributed by atoms with Crippen LogP contribution in [0.1, 0.15) is 18.5 Å². The fourth-order valence-electron chi connectivity index (χ4n) is 2.50. The SMILES string of the molecule is CC(=O)[C@@H]1[C@@H](c2cccc(F)c2)NC(=O)N[C@]1(O)C(F)(F)F. The number of hydrogen-bond acceptors (Lipinski definition) is 3. The number of alkyl halides is 3. The minimum Gasteiger partial charge on any atom is -0.363 e. The lowest BCUT2D eigenvalue weighted by molar-refractivity contribution is -0.290. The van der Waals surface area contributed by atoms with E-state index in [0.29, 0.717) is 0 Å². The molecule has 1 aliphatic heterocycles. The number of halogens is 4. The van der Waals surface area contributed by atoms with Gasteiger partial charge in [-0.05, 0) is 24.6 Å². The molecule has 1 heterocycles.